The lowest BCUT2D eigenvalue weighted by atomic mass is 9.93. The second kappa shape index (κ2) is 19.3. The van der Waals surface area contributed by atoms with Gasteiger partial charge in [0.05, 0.1) is 6.42 Å². The second-order valence-corrected chi connectivity index (χ2v) is 9.05. The van der Waals surface area contributed by atoms with Crippen molar-refractivity contribution in [3.05, 3.63) is 0 Å². The second-order valence-electron chi connectivity index (χ2n) is 8.67. The SMILES string of the molecule is CCCCCCCCCCCCCCCCCCCCC(O)(CC(=O)O)C(O)=S. The largest absolute Gasteiger partial charge is 0.500 e. The molecule has 1 unspecified atom stereocenters. The monoisotopic (exact) mass is 430 g/mol. The molecule has 0 aliphatic rings. The minimum Gasteiger partial charge on any atom is -0.500 e. The molecule has 0 heterocycles. The van der Waals surface area contributed by atoms with Gasteiger partial charge in [-0.3, -0.25) is 4.79 Å². The number of carbonyl (C=O) groups is 1. The molecule has 29 heavy (non-hydrogen) atoms. The van der Waals surface area contributed by atoms with Gasteiger partial charge in [0, 0.05) is 0 Å². The van der Waals surface area contributed by atoms with Crippen molar-refractivity contribution < 1.29 is 20.1 Å². The molecule has 172 valence electrons. The fourth-order valence-electron chi connectivity index (χ4n) is 3.84. The number of carboxylic acid groups (broad SMARTS) is 1. The van der Waals surface area contributed by atoms with E-state index in [9.17, 15) is 15.0 Å². The van der Waals surface area contributed by atoms with Crippen LogP contribution >= 0.6 is 12.2 Å². The molecule has 3 N–H and O–H groups in total. The highest BCUT2D eigenvalue weighted by molar-refractivity contribution is 7.80. The maximum Gasteiger partial charge on any atom is 0.306 e. The lowest BCUT2D eigenvalue weighted by molar-refractivity contribution is -0.140. The molecule has 0 rings (SSSR count). The molecule has 0 aromatic carbocycles. The third-order valence-electron chi connectivity index (χ3n) is 5.79. The first-order chi connectivity index (χ1) is 13.9. The van der Waals surface area contributed by atoms with Gasteiger partial charge >= 0.3 is 5.97 Å². The fraction of sp³-hybridized carbons (Fsp3) is 0.917. The highest BCUT2D eigenvalue weighted by atomic mass is 32.1. The number of aliphatic hydroxyl groups excluding tert-OH is 1. The van der Waals surface area contributed by atoms with Crippen LogP contribution in [0.4, 0.5) is 0 Å². The van der Waals surface area contributed by atoms with Crippen LogP contribution in [0.2, 0.25) is 0 Å². The Balaban J connectivity index is 3.35. The van der Waals surface area contributed by atoms with Crippen molar-refractivity contribution in [1.82, 2.24) is 0 Å². The Bertz CT molecular complexity index is 414. The zero-order valence-corrected chi connectivity index (χ0v) is 19.6. The molecule has 0 aliphatic heterocycles. The molecule has 4 nitrogen and oxygen atoms in total. The molecule has 0 amide bonds. The minimum atomic E-state index is -1.75. The highest BCUT2D eigenvalue weighted by Gasteiger charge is 2.34. The van der Waals surface area contributed by atoms with Gasteiger partial charge in [0.25, 0.3) is 0 Å². The van der Waals surface area contributed by atoms with Crippen LogP contribution in [0.5, 0.6) is 0 Å². The van der Waals surface area contributed by atoms with Gasteiger partial charge in [-0.15, -0.1) is 0 Å². The topological polar surface area (TPSA) is 77.8 Å². The number of hydrogen-bond acceptors (Lipinski definition) is 3. The standard InChI is InChI=1S/C24H46O4S/c1-2-3-4-5-6-7-8-9-10-11-12-13-14-15-16-17-18-19-20-24(28,23(27)29)21-22(25)26/h28H,2-21H2,1H3,(H,25,26)(H,27,29). The van der Waals surface area contributed by atoms with Crippen LogP contribution in [-0.4, -0.2) is 31.9 Å². The number of unbranched alkanes of at least 4 members (excludes halogenated alkanes) is 17. The summed E-state index contributed by atoms with van der Waals surface area (Å²) in [6.07, 6.45) is 22.8. The van der Waals surface area contributed by atoms with E-state index in [0.29, 0.717) is 6.42 Å². The van der Waals surface area contributed by atoms with E-state index in [4.69, 9.17) is 5.11 Å². The van der Waals surface area contributed by atoms with Crippen LogP contribution in [0.25, 0.3) is 0 Å². The van der Waals surface area contributed by atoms with Gasteiger partial charge in [0.15, 0.2) is 5.05 Å². The molecule has 0 saturated carbocycles. The summed E-state index contributed by atoms with van der Waals surface area (Å²) in [5.74, 6) is -1.15. The summed E-state index contributed by atoms with van der Waals surface area (Å²) in [6, 6.07) is 0. The number of hydrogen-bond donors (Lipinski definition) is 3. The molecule has 0 spiro atoms. The zero-order chi connectivity index (χ0) is 21.8. The van der Waals surface area contributed by atoms with Crippen LogP contribution in [-0.2, 0) is 4.79 Å². The number of thiocarbonyl (C=S) groups is 1. The lowest BCUT2D eigenvalue weighted by Crippen LogP contribution is -2.39. The van der Waals surface area contributed by atoms with E-state index in [1.807, 2.05) is 0 Å². The Morgan fingerprint density at radius 3 is 1.24 bits per heavy atom. The van der Waals surface area contributed by atoms with Crippen LogP contribution in [0.1, 0.15) is 135 Å². The van der Waals surface area contributed by atoms with Gasteiger partial charge < -0.3 is 15.3 Å². The normalized spacial score (nSPS) is 13.3. The summed E-state index contributed by atoms with van der Waals surface area (Å²) in [7, 11) is 0. The lowest BCUT2D eigenvalue weighted by Gasteiger charge is -2.23. The Morgan fingerprint density at radius 1 is 0.655 bits per heavy atom. The zero-order valence-electron chi connectivity index (χ0n) is 18.8. The van der Waals surface area contributed by atoms with Gasteiger partial charge in [0.2, 0.25) is 0 Å². The summed E-state index contributed by atoms with van der Waals surface area (Å²) in [6.45, 7) is 2.27. The molecule has 0 saturated heterocycles. The predicted molar refractivity (Wildman–Crippen MR) is 126 cm³/mol. The molecule has 0 aromatic rings. The molecule has 0 aromatic heterocycles. The Morgan fingerprint density at radius 2 is 0.966 bits per heavy atom. The molecule has 0 bridgehead atoms. The Hall–Kier alpha value is -0.680. The Kier molecular flexibility index (Phi) is 18.8. The highest BCUT2D eigenvalue weighted by Crippen LogP contribution is 2.22. The van der Waals surface area contributed by atoms with Gasteiger partial charge in [-0.05, 0) is 18.6 Å². The van der Waals surface area contributed by atoms with Crippen molar-refractivity contribution in [2.45, 2.75) is 141 Å². The predicted octanol–water partition coefficient (Wildman–Crippen LogP) is 7.51. The fourth-order valence-corrected chi connectivity index (χ4v) is 4.01. The van der Waals surface area contributed by atoms with Crippen LogP contribution in [0.3, 0.4) is 0 Å². The molecule has 0 fully saturated rings. The Labute approximate surface area is 184 Å². The summed E-state index contributed by atoms with van der Waals surface area (Å²) in [5.41, 5.74) is -1.75. The van der Waals surface area contributed by atoms with Gasteiger partial charge in [-0.25, -0.2) is 0 Å². The van der Waals surface area contributed by atoms with Crippen molar-refractivity contribution in [2.75, 3.05) is 0 Å². The van der Waals surface area contributed by atoms with Crippen molar-refractivity contribution in [1.29, 1.82) is 0 Å². The summed E-state index contributed by atoms with van der Waals surface area (Å²) in [4.78, 5) is 10.8. The summed E-state index contributed by atoms with van der Waals surface area (Å²) < 4.78 is 0. The van der Waals surface area contributed by atoms with Crippen LogP contribution in [0, 0.1) is 0 Å². The van der Waals surface area contributed by atoms with Crippen molar-refractivity contribution in [3.8, 4) is 0 Å². The number of aliphatic carboxylic acids is 1. The van der Waals surface area contributed by atoms with Gasteiger partial charge in [-0.2, -0.15) is 0 Å². The third kappa shape index (κ3) is 17.9. The summed E-state index contributed by atoms with van der Waals surface area (Å²) >= 11 is 4.61. The maximum atomic E-state index is 10.8. The van der Waals surface area contributed by atoms with Gasteiger partial charge in [-0.1, -0.05) is 122 Å². The maximum absolute atomic E-state index is 10.8. The number of rotatable bonds is 22. The average Bonchev–Trinajstić information content (AvgIpc) is 2.66. The van der Waals surface area contributed by atoms with E-state index in [0.717, 1.165) is 12.8 Å². The first-order valence-corrected chi connectivity index (χ1v) is 12.5. The van der Waals surface area contributed by atoms with Crippen molar-refractivity contribution in [3.63, 3.8) is 0 Å². The summed E-state index contributed by atoms with van der Waals surface area (Å²) in [5, 5.41) is 27.7. The minimum absolute atomic E-state index is 0.216. The van der Waals surface area contributed by atoms with E-state index in [1.165, 1.54) is 96.3 Å². The smallest absolute Gasteiger partial charge is 0.306 e. The molecule has 1 atom stereocenters. The van der Waals surface area contributed by atoms with E-state index >= 15 is 0 Å². The first-order valence-electron chi connectivity index (χ1n) is 12.1. The average molecular weight is 431 g/mol. The molecule has 0 radical (unpaired) electrons. The van der Waals surface area contributed by atoms with Crippen LogP contribution < -0.4 is 0 Å². The van der Waals surface area contributed by atoms with E-state index in [-0.39, 0.29) is 6.42 Å². The van der Waals surface area contributed by atoms with Crippen molar-refractivity contribution >= 4 is 23.2 Å². The third-order valence-corrected chi connectivity index (χ3v) is 6.17. The molecule has 5 heteroatoms. The van der Waals surface area contributed by atoms with Gasteiger partial charge in [0.1, 0.15) is 5.60 Å². The number of aliphatic hydroxyl groups is 2. The van der Waals surface area contributed by atoms with Crippen molar-refractivity contribution in [2.24, 2.45) is 0 Å². The first kappa shape index (κ1) is 28.3. The van der Waals surface area contributed by atoms with E-state index in [1.54, 1.807) is 0 Å². The van der Waals surface area contributed by atoms with Crippen LogP contribution in [0.15, 0.2) is 0 Å². The quantitative estimate of drug-likeness (QED) is 0.122. The molecular formula is C24H46O4S. The van der Waals surface area contributed by atoms with E-state index < -0.39 is 23.0 Å². The molecule has 0 aliphatic carbocycles. The van der Waals surface area contributed by atoms with E-state index in [2.05, 4.69) is 19.1 Å². The number of carboxylic acids is 1. The molecular weight excluding hydrogens is 384 g/mol.